The van der Waals surface area contributed by atoms with E-state index in [4.69, 9.17) is 9.15 Å². The van der Waals surface area contributed by atoms with Gasteiger partial charge in [-0.15, -0.1) is 0 Å². The lowest BCUT2D eigenvalue weighted by atomic mass is 10.4. The largest absolute Gasteiger partial charge is 0.481 e. The lowest BCUT2D eigenvalue weighted by Gasteiger charge is -2.05. The molecular weight excluding hydrogens is 236 g/mol. The van der Waals surface area contributed by atoms with Gasteiger partial charge in [0.1, 0.15) is 6.26 Å². The summed E-state index contributed by atoms with van der Waals surface area (Å²) < 4.78 is 9.90. The second kappa shape index (κ2) is 5.17. The Morgan fingerprint density at radius 3 is 2.78 bits per heavy atom. The summed E-state index contributed by atoms with van der Waals surface area (Å²) in [5.74, 6) is 0.476. The first-order valence-electron chi connectivity index (χ1n) is 5.17. The van der Waals surface area contributed by atoms with Gasteiger partial charge in [-0.1, -0.05) is 0 Å². The molecule has 0 bridgehead atoms. The topological polar surface area (TPSA) is 89.3 Å². The molecule has 2 amide bonds. The van der Waals surface area contributed by atoms with Crippen molar-refractivity contribution >= 4 is 17.7 Å². The van der Waals surface area contributed by atoms with Crippen LogP contribution in [0.5, 0.6) is 5.88 Å². The van der Waals surface area contributed by atoms with Crippen molar-refractivity contribution in [2.75, 3.05) is 17.7 Å². The van der Waals surface area contributed by atoms with Crippen LogP contribution in [0.4, 0.5) is 16.5 Å². The molecule has 0 aliphatic heterocycles. The molecule has 0 aromatic carbocycles. The van der Waals surface area contributed by atoms with Gasteiger partial charge in [0.15, 0.2) is 0 Å². The van der Waals surface area contributed by atoms with Crippen LogP contribution in [0.1, 0.15) is 5.69 Å². The fourth-order valence-electron chi connectivity index (χ4n) is 1.25. The van der Waals surface area contributed by atoms with Crippen molar-refractivity contribution in [2.24, 2.45) is 0 Å². The van der Waals surface area contributed by atoms with E-state index < -0.39 is 6.03 Å². The Morgan fingerprint density at radius 2 is 2.22 bits per heavy atom. The van der Waals surface area contributed by atoms with Gasteiger partial charge < -0.3 is 14.5 Å². The highest BCUT2D eigenvalue weighted by molar-refractivity contribution is 5.98. The number of carbonyl (C=O) groups excluding carboxylic acids is 1. The van der Waals surface area contributed by atoms with E-state index in [1.807, 2.05) is 0 Å². The van der Waals surface area contributed by atoms with Crippen molar-refractivity contribution in [1.82, 2.24) is 9.97 Å². The SMILES string of the molecule is COc1ccc(NC(=O)Nc2nc(C)co2)cn1. The predicted octanol–water partition coefficient (Wildman–Crippen LogP) is 2.03. The number of nitrogens with zero attached hydrogens (tertiary/aromatic N) is 2. The molecule has 2 heterocycles. The highest BCUT2D eigenvalue weighted by atomic mass is 16.5. The maximum atomic E-state index is 11.6. The van der Waals surface area contributed by atoms with Gasteiger partial charge in [0.05, 0.1) is 24.7 Å². The average molecular weight is 248 g/mol. The second-order valence-corrected chi connectivity index (χ2v) is 3.46. The van der Waals surface area contributed by atoms with E-state index in [1.54, 1.807) is 19.1 Å². The molecule has 7 heteroatoms. The van der Waals surface area contributed by atoms with Crippen molar-refractivity contribution < 1.29 is 13.9 Å². The van der Waals surface area contributed by atoms with Crippen LogP contribution in [0.2, 0.25) is 0 Å². The van der Waals surface area contributed by atoms with Crippen LogP contribution < -0.4 is 15.4 Å². The maximum absolute atomic E-state index is 11.6. The Morgan fingerprint density at radius 1 is 1.39 bits per heavy atom. The second-order valence-electron chi connectivity index (χ2n) is 3.46. The maximum Gasteiger partial charge on any atom is 0.327 e. The van der Waals surface area contributed by atoms with Crippen LogP contribution in [-0.2, 0) is 0 Å². The van der Waals surface area contributed by atoms with Gasteiger partial charge in [-0.3, -0.25) is 5.32 Å². The van der Waals surface area contributed by atoms with E-state index in [0.29, 0.717) is 17.3 Å². The molecule has 18 heavy (non-hydrogen) atoms. The van der Waals surface area contributed by atoms with Crippen LogP contribution in [0.25, 0.3) is 0 Å². The van der Waals surface area contributed by atoms with Gasteiger partial charge in [0.25, 0.3) is 0 Å². The minimum Gasteiger partial charge on any atom is -0.481 e. The molecule has 0 aliphatic carbocycles. The minimum atomic E-state index is -0.455. The Hall–Kier alpha value is -2.57. The smallest absolute Gasteiger partial charge is 0.327 e. The number of carbonyl (C=O) groups is 1. The molecule has 2 rings (SSSR count). The third-order valence-corrected chi connectivity index (χ3v) is 2.04. The fourth-order valence-corrected chi connectivity index (χ4v) is 1.25. The molecule has 0 atom stereocenters. The standard InChI is InChI=1S/C11H12N4O3/c1-7-6-18-11(13-7)15-10(16)14-8-3-4-9(17-2)12-5-8/h3-6H,1-2H3,(H2,13,14,15,16). The zero-order chi connectivity index (χ0) is 13.0. The lowest BCUT2D eigenvalue weighted by molar-refractivity contribution is 0.261. The summed E-state index contributed by atoms with van der Waals surface area (Å²) in [6, 6.07) is 3.01. The highest BCUT2D eigenvalue weighted by Crippen LogP contribution is 2.12. The van der Waals surface area contributed by atoms with Gasteiger partial charge >= 0.3 is 12.0 Å². The van der Waals surface area contributed by atoms with Crippen LogP contribution >= 0.6 is 0 Å². The molecule has 2 N–H and O–H groups in total. The Balaban J connectivity index is 1.94. The number of amides is 2. The van der Waals surface area contributed by atoms with Crippen LogP contribution in [-0.4, -0.2) is 23.1 Å². The van der Waals surface area contributed by atoms with Gasteiger partial charge in [0, 0.05) is 6.07 Å². The van der Waals surface area contributed by atoms with Gasteiger partial charge in [-0.25, -0.2) is 9.78 Å². The van der Waals surface area contributed by atoms with Crippen molar-refractivity contribution in [3.63, 3.8) is 0 Å². The van der Waals surface area contributed by atoms with E-state index >= 15 is 0 Å². The zero-order valence-corrected chi connectivity index (χ0v) is 9.93. The van der Waals surface area contributed by atoms with E-state index in [-0.39, 0.29) is 6.01 Å². The number of anilines is 2. The third-order valence-electron chi connectivity index (χ3n) is 2.04. The molecule has 2 aromatic rings. The third kappa shape index (κ3) is 2.97. The zero-order valence-electron chi connectivity index (χ0n) is 9.93. The van der Waals surface area contributed by atoms with Crippen molar-refractivity contribution in [2.45, 2.75) is 6.92 Å². The summed E-state index contributed by atoms with van der Waals surface area (Å²) in [5, 5.41) is 5.04. The molecule has 0 spiro atoms. The first kappa shape index (κ1) is 11.9. The minimum absolute atomic E-state index is 0.145. The first-order valence-corrected chi connectivity index (χ1v) is 5.17. The summed E-state index contributed by atoms with van der Waals surface area (Å²) in [5.41, 5.74) is 1.23. The number of ether oxygens (including phenoxy) is 1. The van der Waals surface area contributed by atoms with Crippen molar-refractivity contribution in [3.05, 3.63) is 30.3 Å². The van der Waals surface area contributed by atoms with E-state index in [0.717, 1.165) is 0 Å². The molecule has 0 radical (unpaired) electrons. The molecule has 0 saturated carbocycles. The average Bonchev–Trinajstić information content (AvgIpc) is 2.75. The summed E-state index contributed by atoms with van der Waals surface area (Å²) in [6.45, 7) is 1.76. The van der Waals surface area contributed by atoms with Crippen molar-refractivity contribution in [1.29, 1.82) is 0 Å². The molecule has 7 nitrogen and oxygen atoms in total. The van der Waals surface area contributed by atoms with Gasteiger partial charge in [-0.2, -0.15) is 4.98 Å². The fraction of sp³-hybridized carbons (Fsp3) is 0.182. The molecule has 0 saturated heterocycles. The van der Waals surface area contributed by atoms with E-state index in [9.17, 15) is 4.79 Å². The summed E-state index contributed by atoms with van der Waals surface area (Å²) >= 11 is 0. The number of aromatic nitrogens is 2. The number of methoxy groups -OCH3 is 1. The molecule has 2 aromatic heterocycles. The van der Waals surface area contributed by atoms with E-state index in [2.05, 4.69) is 20.6 Å². The number of rotatable bonds is 3. The number of hydrogen-bond donors (Lipinski definition) is 2. The van der Waals surface area contributed by atoms with Crippen molar-refractivity contribution in [3.8, 4) is 5.88 Å². The lowest BCUT2D eigenvalue weighted by Crippen LogP contribution is -2.19. The Labute approximate surface area is 103 Å². The van der Waals surface area contributed by atoms with Crippen LogP contribution in [0.3, 0.4) is 0 Å². The molecule has 0 fully saturated rings. The molecule has 94 valence electrons. The molecule has 0 unspecified atom stereocenters. The number of hydrogen-bond acceptors (Lipinski definition) is 5. The number of nitrogens with one attached hydrogen (secondary N) is 2. The Kier molecular flexibility index (Phi) is 3.42. The molecule has 0 aliphatic rings. The van der Waals surface area contributed by atoms with Crippen LogP contribution in [0, 0.1) is 6.92 Å². The van der Waals surface area contributed by atoms with Gasteiger partial charge in [-0.05, 0) is 13.0 Å². The van der Waals surface area contributed by atoms with E-state index in [1.165, 1.54) is 19.6 Å². The predicted molar refractivity (Wildman–Crippen MR) is 64.7 cm³/mol. The number of aryl methyl sites for hydroxylation is 1. The number of pyridine rings is 1. The monoisotopic (exact) mass is 248 g/mol. The first-order chi connectivity index (χ1) is 8.67. The molecular formula is C11H12N4O3. The number of urea groups is 1. The highest BCUT2D eigenvalue weighted by Gasteiger charge is 2.06. The summed E-state index contributed by atoms with van der Waals surface area (Å²) in [4.78, 5) is 19.5. The van der Waals surface area contributed by atoms with Gasteiger partial charge in [0.2, 0.25) is 5.88 Å². The summed E-state index contributed by atoms with van der Waals surface area (Å²) in [6.07, 6.45) is 2.93. The summed E-state index contributed by atoms with van der Waals surface area (Å²) in [7, 11) is 1.52. The normalized spacial score (nSPS) is 9.89. The number of oxazole rings is 1. The Bertz CT molecular complexity index is 535. The van der Waals surface area contributed by atoms with Crippen LogP contribution in [0.15, 0.2) is 29.0 Å². The quantitative estimate of drug-likeness (QED) is 0.867.